The molecule has 0 fully saturated rings. The zero-order valence-electron chi connectivity index (χ0n) is 18.1. The van der Waals surface area contributed by atoms with Gasteiger partial charge in [0.25, 0.3) is 11.8 Å². The first-order chi connectivity index (χ1) is 14.7. The van der Waals surface area contributed by atoms with E-state index in [-0.39, 0.29) is 24.3 Å². The minimum absolute atomic E-state index is 0.170. The van der Waals surface area contributed by atoms with E-state index in [0.29, 0.717) is 16.9 Å². The van der Waals surface area contributed by atoms with Crippen LogP contribution >= 0.6 is 0 Å². The van der Waals surface area contributed by atoms with Gasteiger partial charge in [-0.15, -0.1) is 0 Å². The van der Waals surface area contributed by atoms with Gasteiger partial charge in [-0.1, -0.05) is 48.5 Å². The number of aryl methyl sites for hydroxylation is 1. The molecule has 0 saturated heterocycles. The van der Waals surface area contributed by atoms with Crippen LogP contribution < -0.4 is 15.4 Å². The Morgan fingerprint density at radius 2 is 1.65 bits per heavy atom. The fraction of sp³-hybridized carbons (Fsp3) is 0.292. The molecular formula is C24H27N3O4. The smallest absolute Gasteiger partial charge is 0.260 e. The molecule has 0 aliphatic carbocycles. The van der Waals surface area contributed by atoms with Crippen LogP contribution in [0.2, 0.25) is 0 Å². The lowest BCUT2D eigenvalue weighted by molar-refractivity contribution is -0.124. The van der Waals surface area contributed by atoms with Gasteiger partial charge in [-0.2, -0.15) is 0 Å². The lowest BCUT2D eigenvalue weighted by Gasteiger charge is -2.25. The molecule has 3 rings (SSSR count). The van der Waals surface area contributed by atoms with E-state index >= 15 is 0 Å². The highest BCUT2D eigenvalue weighted by Crippen LogP contribution is 2.30. The molecule has 162 valence electrons. The highest BCUT2D eigenvalue weighted by atomic mass is 16.5. The number of nitrogens with one attached hydrogen (secondary N) is 2. The van der Waals surface area contributed by atoms with E-state index in [1.165, 1.54) is 0 Å². The van der Waals surface area contributed by atoms with E-state index in [1.54, 1.807) is 31.2 Å². The number of carbonyl (C=O) groups is 2. The molecule has 0 saturated carbocycles. The second-order valence-corrected chi connectivity index (χ2v) is 8.24. The van der Waals surface area contributed by atoms with Crippen molar-refractivity contribution < 1.29 is 18.8 Å². The second kappa shape index (κ2) is 9.47. The molecule has 7 nitrogen and oxygen atoms in total. The molecule has 0 unspecified atom stereocenters. The number of hydrogen-bond acceptors (Lipinski definition) is 5. The molecule has 0 spiro atoms. The topological polar surface area (TPSA) is 93.5 Å². The summed E-state index contributed by atoms with van der Waals surface area (Å²) < 4.78 is 11.2. The molecule has 1 aromatic heterocycles. The highest BCUT2D eigenvalue weighted by Gasteiger charge is 2.33. The second-order valence-electron chi connectivity index (χ2n) is 8.24. The molecule has 31 heavy (non-hydrogen) atoms. The van der Waals surface area contributed by atoms with Crippen LogP contribution in [-0.4, -0.2) is 22.5 Å². The predicted molar refractivity (Wildman–Crippen MR) is 117 cm³/mol. The monoisotopic (exact) mass is 421 g/mol. The molecule has 2 amide bonds. The summed E-state index contributed by atoms with van der Waals surface area (Å²) in [6.45, 7) is 7.54. The maximum Gasteiger partial charge on any atom is 0.260 e. The van der Waals surface area contributed by atoms with Crippen LogP contribution in [0.5, 0.6) is 5.88 Å². The Kier molecular flexibility index (Phi) is 6.74. The molecule has 2 N–H and O–H groups in total. The van der Waals surface area contributed by atoms with Crippen LogP contribution in [0.4, 0.5) is 0 Å². The summed E-state index contributed by atoms with van der Waals surface area (Å²) in [5.74, 6) is -0.203. The number of ether oxygens (including phenoxy) is 1. The van der Waals surface area contributed by atoms with Crippen molar-refractivity contribution in [3.8, 4) is 5.88 Å². The van der Waals surface area contributed by atoms with Crippen LogP contribution in [-0.2, 0) is 11.4 Å². The maximum absolute atomic E-state index is 13.2. The van der Waals surface area contributed by atoms with Crippen molar-refractivity contribution in [2.75, 3.05) is 0 Å². The van der Waals surface area contributed by atoms with Crippen LogP contribution in [0.3, 0.4) is 0 Å². The van der Waals surface area contributed by atoms with E-state index in [0.717, 1.165) is 5.56 Å². The van der Waals surface area contributed by atoms with Crippen LogP contribution in [0, 0.1) is 6.92 Å². The number of benzene rings is 2. The zero-order valence-corrected chi connectivity index (χ0v) is 18.1. The number of hydrogen-bond donors (Lipinski definition) is 2. The summed E-state index contributed by atoms with van der Waals surface area (Å²) >= 11 is 0. The van der Waals surface area contributed by atoms with Gasteiger partial charge in [0, 0.05) is 11.1 Å². The van der Waals surface area contributed by atoms with Crippen molar-refractivity contribution in [1.82, 2.24) is 15.8 Å². The molecule has 7 heteroatoms. The Bertz CT molecular complexity index is 1020. The van der Waals surface area contributed by atoms with Crippen molar-refractivity contribution in [2.24, 2.45) is 0 Å². The first kappa shape index (κ1) is 22.1. The van der Waals surface area contributed by atoms with E-state index in [4.69, 9.17) is 9.26 Å². The van der Waals surface area contributed by atoms with Gasteiger partial charge in [0.1, 0.15) is 18.4 Å². The van der Waals surface area contributed by atoms with Gasteiger partial charge in [-0.25, -0.2) is 0 Å². The number of nitrogens with zero attached hydrogens (tertiary/aromatic N) is 1. The SMILES string of the molecule is Cc1onc(OCc2ccccc2)c1[C@H](NC(=O)c1ccccc1)C(=O)NC(C)(C)C. The van der Waals surface area contributed by atoms with E-state index < -0.39 is 11.6 Å². The molecule has 0 bridgehead atoms. The quantitative estimate of drug-likeness (QED) is 0.603. The first-order valence-corrected chi connectivity index (χ1v) is 10.1. The lowest BCUT2D eigenvalue weighted by atomic mass is 10.0. The Hall–Kier alpha value is -3.61. The normalized spacial score (nSPS) is 12.1. The molecule has 2 aromatic carbocycles. The summed E-state index contributed by atoms with van der Waals surface area (Å²) in [7, 11) is 0. The Morgan fingerprint density at radius 3 is 2.26 bits per heavy atom. The minimum atomic E-state index is -1.04. The summed E-state index contributed by atoms with van der Waals surface area (Å²) in [4.78, 5) is 26.0. The molecule has 1 heterocycles. The predicted octanol–water partition coefficient (Wildman–Crippen LogP) is 3.95. The average Bonchev–Trinajstić information content (AvgIpc) is 3.10. The van der Waals surface area contributed by atoms with Crippen molar-refractivity contribution in [2.45, 2.75) is 45.9 Å². The molecular weight excluding hydrogens is 394 g/mol. The van der Waals surface area contributed by atoms with E-state index in [9.17, 15) is 9.59 Å². The third kappa shape index (κ3) is 5.94. The summed E-state index contributed by atoms with van der Waals surface area (Å²) in [5, 5.41) is 9.70. The van der Waals surface area contributed by atoms with E-state index in [1.807, 2.05) is 57.2 Å². The van der Waals surface area contributed by atoms with Gasteiger partial charge < -0.3 is 19.9 Å². The van der Waals surface area contributed by atoms with E-state index in [2.05, 4.69) is 15.8 Å². The molecule has 3 aromatic rings. The number of amides is 2. The molecule has 0 aliphatic rings. The summed E-state index contributed by atoms with van der Waals surface area (Å²) in [5.41, 5.74) is 1.28. The molecule has 1 atom stereocenters. The standard InChI is InChI=1S/C24H27N3O4/c1-16-19(23(27-31-16)30-15-17-11-7-5-8-12-17)20(22(29)26-24(2,3)4)25-21(28)18-13-9-6-10-14-18/h5-14,20H,15H2,1-4H3,(H,25,28)(H,26,29)/t20-/m0/s1. The Balaban J connectivity index is 1.90. The number of carbonyl (C=O) groups excluding carboxylic acids is 2. The van der Waals surface area contributed by atoms with Gasteiger partial charge >= 0.3 is 0 Å². The molecule has 0 radical (unpaired) electrons. The van der Waals surface area contributed by atoms with Gasteiger partial charge in [-0.3, -0.25) is 9.59 Å². The van der Waals surface area contributed by atoms with Gasteiger partial charge in [0.05, 0.1) is 5.56 Å². The van der Waals surface area contributed by atoms with Crippen molar-refractivity contribution in [1.29, 1.82) is 0 Å². The Labute approximate surface area is 181 Å². The lowest BCUT2D eigenvalue weighted by Crippen LogP contribution is -2.47. The van der Waals surface area contributed by atoms with Crippen LogP contribution in [0.1, 0.15) is 54.1 Å². The minimum Gasteiger partial charge on any atom is -0.470 e. The maximum atomic E-state index is 13.2. The van der Waals surface area contributed by atoms with Crippen molar-refractivity contribution in [3.05, 3.63) is 83.1 Å². The average molecular weight is 421 g/mol. The molecule has 0 aliphatic heterocycles. The number of rotatable bonds is 7. The zero-order chi connectivity index (χ0) is 22.4. The fourth-order valence-electron chi connectivity index (χ4n) is 3.03. The van der Waals surface area contributed by atoms with Crippen molar-refractivity contribution in [3.63, 3.8) is 0 Å². The fourth-order valence-corrected chi connectivity index (χ4v) is 3.03. The van der Waals surface area contributed by atoms with Gasteiger partial charge in [0.15, 0.2) is 0 Å². The Morgan fingerprint density at radius 1 is 1.03 bits per heavy atom. The van der Waals surface area contributed by atoms with Crippen molar-refractivity contribution >= 4 is 11.8 Å². The highest BCUT2D eigenvalue weighted by molar-refractivity contribution is 5.98. The third-order valence-electron chi connectivity index (χ3n) is 4.45. The number of aromatic nitrogens is 1. The van der Waals surface area contributed by atoms with Crippen LogP contribution in [0.15, 0.2) is 65.2 Å². The largest absolute Gasteiger partial charge is 0.470 e. The summed E-state index contributed by atoms with van der Waals surface area (Å²) in [6, 6.07) is 17.3. The summed E-state index contributed by atoms with van der Waals surface area (Å²) in [6.07, 6.45) is 0. The van der Waals surface area contributed by atoms with Gasteiger partial charge in [0.2, 0.25) is 5.91 Å². The first-order valence-electron chi connectivity index (χ1n) is 10.1. The third-order valence-corrected chi connectivity index (χ3v) is 4.45. The van der Waals surface area contributed by atoms with Crippen LogP contribution in [0.25, 0.3) is 0 Å². The van der Waals surface area contributed by atoms with Gasteiger partial charge in [-0.05, 0) is 50.5 Å².